The summed E-state index contributed by atoms with van der Waals surface area (Å²) in [5, 5.41) is 10.8. The zero-order valence-electron chi connectivity index (χ0n) is 16.5. The van der Waals surface area contributed by atoms with Crippen molar-refractivity contribution < 1.29 is 9.53 Å². The molecule has 1 atom stereocenters. The fourth-order valence-electron chi connectivity index (χ4n) is 3.76. The van der Waals surface area contributed by atoms with Gasteiger partial charge in [-0.3, -0.25) is 0 Å². The van der Waals surface area contributed by atoms with E-state index in [-0.39, 0.29) is 12.1 Å². The third kappa shape index (κ3) is 4.39. The van der Waals surface area contributed by atoms with Crippen LogP contribution in [-0.2, 0) is 0 Å². The Morgan fingerprint density at radius 3 is 2.55 bits per heavy atom. The molecule has 1 aliphatic rings. The minimum atomic E-state index is -0.0683. The average molecular weight is 391 g/mol. The van der Waals surface area contributed by atoms with Gasteiger partial charge in [-0.1, -0.05) is 30.2 Å². The van der Waals surface area contributed by atoms with E-state index < -0.39 is 0 Å². The molecule has 2 heterocycles. The first kappa shape index (κ1) is 19.0. The predicted molar refractivity (Wildman–Crippen MR) is 111 cm³/mol. The number of hydrogen-bond donors (Lipinski definition) is 1. The second-order valence-electron chi connectivity index (χ2n) is 7.16. The highest BCUT2D eigenvalue weighted by atomic mass is 16.5. The van der Waals surface area contributed by atoms with Gasteiger partial charge in [-0.25, -0.2) is 9.48 Å². The van der Waals surface area contributed by atoms with Gasteiger partial charge < -0.3 is 15.0 Å². The van der Waals surface area contributed by atoms with Crippen LogP contribution < -0.4 is 10.1 Å². The van der Waals surface area contributed by atoms with Crippen molar-refractivity contribution in [3.8, 4) is 11.4 Å². The first-order chi connectivity index (χ1) is 14.2. The highest BCUT2D eigenvalue weighted by molar-refractivity contribution is 5.89. The predicted octanol–water partition coefficient (Wildman–Crippen LogP) is 4.43. The number of hydrogen-bond acceptors (Lipinski definition) is 4. The maximum atomic E-state index is 13.1. The monoisotopic (exact) mass is 391 g/mol. The van der Waals surface area contributed by atoms with E-state index in [4.69, 9.17) is 4.74 Å². The average Bonchev–Trinajstić information content (AvgIpc) is 3.19. The van der Waals surface area contributed by atoms with Crippen molar-refractivity contribution in [3.05, 3.63) is 66.5 Å². The number of nitrogens with zero attached hydrogens (tertiary/aromatic N) is 4. The zero-order chi connectivity index (χ0) is 20.1. The van der Waals surface area contributed by atoms with Crippen molar-refractivity contribution in [3.63, 3.8) is 0 Å². The maximum Gasteiger partial charge on any atom is 0.322 e. The molecule has 7 heteroatoms. The largest absolute Gasteiger partial charge is 0.497 e. The minimum Gasteiger partial charge on any atom is -0.497 e. The summed E-state index contributed by atoms with van der Waals surface area (Å²) in [6, 6.07) is 15.6. The van der Waals surface area contributed by atoms with Gasteiger partial charge in [-0.05, 0) is 54.8 Å². The zero-order valence-corrected chi connectivity index (χ0v) is 16.5. The smallest absolute Gasteiger partial charge is 0.322 e. The number of urea groups is 1. The molecule has 0 aliphatic carbocycles. The number of aromatic nitrogens is 3. The number of ether oxygens (including phenoxy) is 1. The number of anilines is 1. The topological polar surface area (TPSA) is 72.3 Å². The first-order valence-corrected chi connectivity index (χ1v) is 9.93. The van der Waals surface area contributed by atoms with Crippen LogP contribution in [0.5, 0.6) is 5.75 Å². The van der Waals surface area contributed by atoms with E-state index in [1.165, 1.54) is 0 Å². The van der Waals surface area contributed by atoms with E-state index in [1.54, 1.807) is 24.2 Å². The third-order valence-electron chi connectivity index (χ3n) is 5.32. The summed E-state index contributed by atoms with van der Waals surface area (Å²) in [5.41, 5.74) is 2.80. The summed E-state index contributed by atoms with van der Waals surface area (Å²) in [4.78, 5) is 15.1. The molecule has 3 aromatic rings. The van der Waals surface area contributed by atoms with Crippen molar-refractivity contribution >= 4 is 11.7 Å². The molecule has 1 aliphatic heterocycles. The molecule has 7 nitrogen and oxygen atoms in total. The van der Waals surface area contributed by atoms with Crippen LogP contribution in [0, 0.1) is 0 Å². The van der Waals surface area contributed by atoms with E-state index >= 15 is 0 Å². The standard InChI is InChI=1S/C22H25N5O2/c1-29-20-12-6-17(7-13-20)21-5-3-2-4-15-26(21)22(28)24-18-8-10-19(11-9-18)27-16-14-23-25-27/h6-14,16,21H,2-5,15H2,1H3,(H,24,28). The number of carbonyl (C=O) groups excluding carboxylic acids is 1. The molecule has 150 valence electrons. The molecule has 1 aromatic heterocycles. The number of benzene rings is 2. The number of amides is 2. The lowest BCUT2D eigenvalue weighted by molar-refractivity contribution is 0.189. The van der Waals surface area contributed by atoms with Crippen molar-refractivity contribution in [2.24, 2.45) is 0 Å². The summed E-state index contributed by atoms with van der Waals surface area (Å²) in [7, 11) is 1.66. The van der Waals surface area contributed by atoms with E-state index in [0.717, 1.165) is 54.9 Å². The van der Waals surface area contributed by atoms with Gasteiger partial charge in [-0.2, -0.15) is 0 Å². The second kappa shape index (κ2) is 8.77. The molecule has 2 amide bonds. The molecule has 0 saturated carbocycles. The molecule has 0 radical (unpaired) electrons. The molecule has 1 fully saturated rings. The van der Waals surface area contributed by atoms with Gasteiger partial charge in [0.05, 0.1) is 31.2 Å². The van der Waals surface area contributed by atoms with Crippen LogP contribution in [0.25, 0.3) is 5.69 Å². The highest BCUT2D eigenvalue weighted by Gasteiger charge is 2.27. The summed E-state index contributed by atoms with van der Waals surface area (Å²) in [6.07, 6.45) is 7.66. The summed E-state index contributed by atoms with van der Waals surface area (Å²) < 4.78 is 6.95. The second-order valence-corrected chi connectivity index (χ2v) is 7.16. The molecule has 1 N–H and O–H groups in total. The summed E-state index contributed by atoms with van der Waals surface area (Å²) >= 11 is 0. The van der Waals surface area contributed by atoms with Crippen LogP contribution in [0.15, 0.2) is 60.9 Å². The van der Waals surface area contributed by atoms with Gasteiger partial charge in [0.15, 0.2) is 0 Å². The van der Waals surface area contributed by atoms with Crippen LogP contribution in [0.1, 0.15) is 37.3 Å². The SMILES string of the molecule is COc1ccc(C2CCCCCN2C(=O)Nc2ccc(-n3ccnn3)cc2)cc1. The van der Waals surface area contributed by atoms with Gasteiger partial charge in [0.2, 0.25) is 0 Å². The van der Waals surface area contributed by atoms with Crippen LogP contribution in [-0.4, -0.2) is 39.6 Å². The summed E-state index contributed by atoms with van der Waals surface area (Å²) in [5.74, 6) is 0.825. The van der Waals surface area contributed by atoms with Crippen molar-refractivity contribution in [2.75, 3.05) is 19.0 Å². The van der Waals surface area contributed by atoms with Crippen LogP contribution in [0.4, 0.5) is 10.5 Å². The van der Waals surface area contributed by atoms with E-state index in [1.807, 2.05) is 41.3 Å². The fourth-order valence-corrected chi connectivity index (χ4v) is 3.76. The maximum absolute atomic E-state index is 13.1. The Balaban J connectivity index is 1.49. The van der Waals surface area contributed by atoms with Gasteiger partial charge in [0.1, 0.15) is 5.75 Å². The van der Waals surface area contributed by atoms with E-state index in [0.29, 0.717) is 0 Å². The van der Waals surface area contributed by atoms with Gasteiger partial charge in [0, 0.05) is 12.2 Å². The Kier molecular flexibility index (Phi) is 5.74. The van der Waals surface area contributed by atoms with Gasteiger partial charge in [0.25, 0.3) is 0 Å². The molecule has 0 bridgehead atoms. The molecule has 0 spiro atoms. The Morgan fingerprint density at radius 2 is 1.86 bits per heavy atom. The molecule has 1 saturated heterocycles. The van der Waals surface area contributed by atoms with E-state index in [9.17, 15) is 4.79 Å². The normalized spacial score (nSPS) is 16.9. The molecule has 4 rings (SSSR count). The quantitative estimate of drug-likeness (QED) is 0.714. The first-order valence-electron chi connectivity index (χ1n) is 9.93. The molecule has 29 heavy (non-hydrogen) atoms. The van der Waals surface area contributed by atoms with Crippen molar-refractivity contribution in [1.82, 2.24) is 19.9 Å². The van der Waals surface area contributed by atoms with Crippen LogP contribution in [0.2, 0.25) is 0 Å². The lowest BCUT2D eigenvalue weighted by Gasteiger charge is -2.30. The molecular weight excluding hydrogens is 366 g/mol. The van der Waals surface area contributed by atoms with Gasteiger partial charge >= 0.3 is 6.03 Å². The number of carbonyl (C=O) groups is 1. The number of rotatable bonds is 4. The number of nitrogens with one attached hydrogen (secondary N) is 1. The Morgan fingerprint density at radius 1 is 1.07 bits per heavy atom. The number of methoxy groups -OCH3 is 1. The third-order valence-corrected chi connectivity index (χ3v) is 5.32. The minimum absolute atomic E-state index is 0.0674. The molecular formula is C22H25N5O2. The molecule has 1 unspecified atom stereocenters. The lowest BCUT2D eigenvalue weighted by Crippen LogP contribution is -2.38. The van der Waals surface area contributed by atoms with Gasteiger partial charge in [-0.15, -0.1) is 5.10 Å². The molecule has 2 aromatic carbocycles. The van der Waals surface area contributed by atoms with Crippen molar-refractivity contribution in [2.45, 2.75) is 31.7 Å². The number of likely N-dealkylation sites (tertiary alicyclic amines) is 1. The fraction of sp³-hybridized carbons (Fsp3) is 0.318. The van der Waals surface area contributed by atoms with Crippen molar-refractivity contribution in [1.29, 1.82) is 0 Å². The van der Waals surface area contributed by atoms with E-state index in [2.05, 4.69) is 27.8 Å². The van der Waals surface area contributed by atoms with Crippen LogP contribution in [0.3, 0.4) is 0 Å². The summed E-state index contributed by atoms with van der Waals surface area (Å²) in [6.45, 7) is 0.750. The Labute approximate surface area is 170 Å². The lowest BCUT2D eigenvalue weighted by atomic mass is 10.0. The Bertz CT molecular complexity index is 923. The van der Waals surface area contributed by atoms with Crippen LogP contribution >= 0.6 is 0 Å². The Hall–Kier alpha value is -3.35. The highest BCUT2D eigenvalue weighted by Crippen LogP contribution is 2.31.